The summed E-state index contributed by atoms with van der Waals surface area (Å²) in [5.41, 5.74) is 3.67. The zero-order chi connectivity index (χ0) is 12.8. The third kappa shape index (κ3) is 3.63. The van der Waals surface area contributed by atoms with Crippen LogP contribution in [0.2, 0.25) is 10.4 Å². The zero-order valence-corrected chi connectivity index (χ0v) is 13.0. The van der Waals surface area contributed by atoms with Crippen molar-refractivity contribution in [3.05, 3.63) is 18.3 Å². The van der Waals surface area contributed by atoms with Crippen molar-refractivity contribution in [3.63, 3.8) is 0 Å². The van der Waals surface area contributed by atoms with E-state index in [1.165, 1.54) is 25.2 Å². The van der Waals surface area contributed by atoms with Gasteiger partial charge in [0, 0.05) is 0 Å². The van der Waals surface area contributed by atoms with Crippen molar-refractivity contribution in [2.45, 2.75) is 23.3 Å². The van der Waals surface area contributed by atoms with E-state index in [1.54, 1.807) is 0 Å². The van der Waals surface area contributed by atoms with Crippen LogP contribution in [0.5, 0.6) is 0 Å². The molecule has 4 nitrogen and oxygen atoms in total. The van der Waals surface area contributed by atoms with Crippen molar-refractivity contribution >= 4 is 27.3 Å². The molecule has 0 bridgehead atoms. The quantitative estimate of drug-likeness (QED) is 0.615. The molecule has 2 heterocycles. The molecular weight excluding hydrogens is 289 g/mol. The number of hydrogen-bond acceptors (Lipinski definition) is 4. The van der Waals surface area contributed by atoms with Crippen molar-refractivity contribution in [1.29, 1.82) is 0 Å². The van der Waals surface area contributed by atoms with E-state index >= 15 is 0 Å². The van der Waals surface area contributed by atoms with Crippen molar-refractivity contribution < 1.29 is 5.11 Å². The van der Waals surface area contributed by atoms with E-state index in [1.807, 2.05) is 6.20 Å². The van der Waals surface area contributed by atoms with Gasteiger partial charge in [-0.1, -0.05) is 0 Å². The Labute approximate surface area is 115 Å². The van der Waals surface area contributed by atoms with Gasteiger partial charge in [0.2, 0.25) is 0 Å². The normalized spacial score (nSPS) is 19.9. The average Bonchev–Trinajstić information content (AvgIpc) is 2.88. The number of pyridine rings is 1. The maximum atomic E-state index is 8.76. The fourth-order valence-corrected chi connectivity index (χ4v) is 3.96. The first-order valence-corrected chi connectivity index (χ1v) is 9.87. The monoisotopic (exact) mass is 311 g/mol. The summed E-state index contributed by atoms with van der Waals surface area (Å²) in [6.07, 6.45) is 3.98. The second kappa shape index (κ2) is 7.00. The third-order valence-corrected chi connectivity index (χ3v) is 6.05. The first-order chi connectivity index (χ1) is 8.83. The predicted octanol–water partition coefficient (Wildman–Crippen LogP) is 1.36. The molecule has 1 aliphatic rings. The van der Waals surface area contributed by atoms with Gasteiger partial charge in [0.05, 0.1) is 0 Å². The van der Waals surface area contributed by atoms with Crippen LogP contribution in [0.25, 0.3) is 0 Å². The van der Waals surface area contributed by atoms with Crippen LogP contribution >= 0.6 is 0 Å². The number of nitrogens with one attached hydrogen (secondary N) is 1. The number of rotatable bonds is 6. The van der Waals surface area contributed by atoms with Gasteiger partial charge >= 0.3 is 115 Å². The molecule has 2 N–H and O–H groups in total. The summed E-state index contributed by atoms with van der Waals surface area (Å²) in [4.78, 5) is 6.78. The molecule has 2 rings (SSSR count). The van der Waals surface area contributed by atoms with Gasteiger partial charge in [0.25, 0.3) is 0 Å². The van der Waals surface area contributed by atoms with Crippen LogP contribution in [-0.2, 0) is 0 Å². The predicted molar refractivity (Wildman–Crippen MR) is 78.0 cm³/mol. The van der Waals surface area contributed by atoms with Crippen LogP contribution in [0.1, 0.15) is 12.8 Å². The topological polar surface area (TPSA) is 48.4 Å². The van der Waals surface area contributed by atoms with Crippen molar-refractivity contribution in [2.75, 3.05) is 36.5 Å². The Balaban J connectivity index is 1.94. The molecule has 5 heteroatoms. The molecule has 2 atom stereocenters. The number of nitrogens with zero attached hydrogens (tertiary/aromatic N) is 2. The molecule has 1 aliphatic heterocycles. The molecule has 0 spiro atoms. The second-order valence-electron chi connectivity index (χ2n) is 4.62. The van der Waals surface area contributed by atoms with E-state index in [9.17, 15) is 0 Å². The van der Waals surface area contributed by atoms with E-state index < -0.39 is 0 Å². The second-order valence-corrected chi connectivity index (χ2v) is 7.55. The van der Waals surface area contributed by atoms with Crippen LogP contribution < -0.4 is 10.2 Å². The van der Waals surface area contributed by atoms with Gasteiger partial charge in [-0.3, -0.25) is 0 Å². The van der Waals surface area contributed by atoms with Gasteiger partial charge in [-0.25, -0.2) is 0 Å². The van der Waals surface area contributed by atoms with Crippen molar-refractivity contribution in [2.24, 2.45) is 0 Å². The fourth-order valence-electron chi connectivity index (χ4n) is 2.24. The molecule has 100 valence electrons. The molecule has 1 unspecified atom stereocenters. The summed E-state index contributed by atoms with van der Waals surface area (Å²) in [7, 11) is 0. The Kier molecular flexibility index (Phi) is 5.33. The summed E-state index contributed by atoms with van der Waals surface area (Å²) >= 11 is 0.241. The van der Waals surface area contributed by atoms with E-state index in [2.05, 4.69) is 33.0 Å². The Morgan fingerprint density at radius 1 is 1.61 bits per heavy atom. The Morgan fingerprint density at radius 3 is 3.22 bits per heavy atom. The van der Waals surface area contributed by atoms with Crippen molar-refractivity contribution in [3.8, 4) is 0 Å². The Morgan fingerprint density at radius 2 is 2.50 bits per heavy atom. The molecule has 0 amide bonds. The summed E-state index contributed by atoms with van der Waals surface area (Å²) in [6.45, 7) is 3.40. The Hall–Kier alpha value is -0.732. The molecule has 0 saturated carbocycles. The molecule has 0 radical (unpaired) electrons. The number of aromatic nitrogens is 1. The van der Waals surface area contributed by atoms with Crippen LogP contribution in [0, 0.1) is 0 Å². The van der Waals surface area contributed by atoms with E-state index in [0.717, 1.165) is 23.5 Å². The number of anilines is 2. The van der Waals surface area contributed by atoms with Gasteiger partial charge in [-0.2, -0.15) is 0 Å². The van der Waals surface area contributed by atoms with E-state index in [-0.39, 0.29) is 22.4 Å². The molecule has 0 aromatic carbocycles. The summed E-state index contributed by atoms with van der Waals surface area (Å²) in [5, 5.41) is 12.0. The zero-order valence-electron chi connectivity index (χ0n) is 10.9. The van der Waals surface area contributed by atoms with E-state index in [0.29, 0.717) is 0 Å². The molecule has 18 heavy (non-hydrogen) atoms. The molecular formula is C13H22AsN3O. The van der Waals surface area contributed by atoms with E-state index in [4.69, 9.17) is 5.11 Å². The minimum absolute atomic E-state index is 0.223. The maximum absolute atomic E-state index is 8.76. The van der Waals surface area contributed by atoms with Gasteiger partial charge < -0.3 is 0 Å². The van der Waals surface area contributed by atoms with Crippen LogP contribution in [0.15, 0.2) is 18.3 Å². The van der Waals surface area contributed by atoms with Gasteiger partial charge in [-0.15, -0.1) is 0 Å². The molecule has 1 aromatic rings. The summed E-state index contributed by atoms with van der Waals surface area (Å²) in [5.74, 6) is 0.914. The average molecular weight is 311 g/mol. The number of aliphatic hydroxyl groups is 1. The Bertz CT molecular complexity index is 375. The minimum atomic E-state index is 0.223. The standard InChI is InChI=1S/C13H22AsN3O/c1-14-11-4-7-17(10-11)12-3-6-16-13(9-12)15-5-2-8-18/h3,6,9,11,14,18H,2,4-5,7-8,10H2,1H3,(H,15,16)/t11-/m0/s1. The van der Waals surface area contributed by atoms with Gasteiger partial charge in [0.15, 0.2) is 0 Å². The van der Waals surface area contributed by atoms with Crippen LogP contribution in [0.3, 0.4) is 0 Å². The third-order valence-electron chi connectivity index (χ3n) is 3.35. The molecule has 1 aromatic heterocycles. The molecule has 1 saturated heterocycles. The summed E-state index contributed by atoms with van der Waals surface area (Å²) in [6, 6.07) is 4.21. The van der Waals surface area contributed by atoms with Crippen LogP contribution in [0.4, 0.5) is 11.5 Å². The molecule has 1 fully saturated rings. The first-order valence-electron chi connectivity index (χ1n) is 6.56. The summed E-state index contributed by atoms with van der Waals surface area (Å²) < 4.78 is 0.962. The molecule has 0 aliphatic carbocycles. The van der Waals surface area contributed by atoms with Gasteiger partial charge in [0.1, 0.15) is 0 Å². The first kappa shape index (κ1) is 13.7. The van der Waals surface area contributed by atoms with Crippen molar-refractivity contribution in [1.82, 2.24) is 4.98 Å². The SMILES string of the molecule is C[AsH][C@H]1CCN(c2ccnc(NCCCO)c2)C1. The van der Waals surface area contributed by atoms with Crippen LogP contribution in [-0.4, -0.2) is 52.1 Å². The fraction of sp³-hybridized carbons (Fsp3) is 0.615. The van der Waals surface area contributed by atoms with Gasteiger partial charge in [-0.05, 0) is 0 Å². The number of hydrogen-bond donors (Lipinski definition) is 2. The number of aliphatic hydroxyl groups excluding tert-OH is 1.